The molecule has 2 aromatic carbocycles. The molecule has 6 heteroatoms. The molecule has 2 aromatic rings. The van der Waals surface area contributed by atoms with Crippen molar-refractivity contribution in [3.8, 4) is 11.8 Å². The van der Waals surface area contributed by atoms with Crippen LogP contribution in [-0.4, -0.2) is 12.0 Å². The third-order valence-corrected chi connectivity index (χ3v) is 4.13. The van der Waals surface area contributed by atoms with Crippen LogP contribution >= 0.6 is 23.2 Å². The Morgan fingerprint density at radius 3 is 2.50 bits per heavy atom. The maximum absolute atomic E-state index is 12.3. The van der Waals surface area contributed by atoms with Crippen LogP contribution in [-0.2, 0) is 4.79 Å². The highest BCUT2D eigenvalue weighted by Crippen LogP contribution is 2.27. The number of rotatable bonds is 5. The summed E-state index contributed by atoms with van der Waals surface area (Å²) in [6.07, 6.45) is 1.46. The van der Waals surface area contributed by atoms with Gasteiger partial charge in [-0.2, -0.15) is 5.26 Å². The van der Waals surface area contributed by atoms with Gasteiger partial charge in [0, 0.05) is 10.7 Å². The number of halogens is 2. The first-order chi connectivity index (χ1) is 12.3. The highest BCUT2D eigenvalue weighted by atomic mass is 35.5. The predicted octanol–water partition coefficient (Wildman–Crippen LogP) is 5.63. The average molecular weight is 389 g/mol. The van der Waals surface area contributed by atoms with Crippen molar-refractivity contribution in [3.63, 3.8) is 0 Å². The lowest BCUT2D eigenvalue weighted by Crippen LogP contribution is -2.13. The minimum atomic E-state index is -0.522. The number of aryl methyl sites for hydroxylation is 1. The molecule has 0 aliphatic heterocycles. The molecular formula is C20H18Cl2N2O2. The van der Waals surface area contributed by atoms with Gasteiger partial charge in [-0.3, -0.25) is 4.79 Å². The zero-order valence-electron chi connectivity index (χ0n) is 14.6. The second-order valence-corrected chi connectivity index (χ2v) is 6.76. The largest absolute Gasteiger partial charge is 0.489 e. The van der Waals surface area contributed by atoms with E-state index >= 15 is 0 Å². The first-order valence-electron chi connectivity index (χ1n) is 7.95. The van der Waals surface area contributed by atoms with Crippen LogP contribution in [0.25, 0.3) is 6.08 Å². The molecule has 0 unspecified atom stereocenters. The van der Waals surface area contributed by atoms with Gasteiger partial charge in [-0.05, 0) is 62.2 Å². The molecule has 0 spiro atoms. The molecule has 0 radical (unpaired) electrons. The molecule has 1 amide bonds. The number of hydrogen-bond acceptors (Lipinski definition) is 3. The number of carbonyl (C=O) groups excluding carboxylic acids is 1. The van der Waals surface area contributed by atoms with E-state index in [-0.39, 0.29) is 11.7 Å². The van der Waals surface area contributed by atoms with E-state index in [1.165, 1.54) is 6.08 Å². The van der Waals surface area contributed by atoms with E-state index in [2.05, 4.69) is 5.32 Å². The van der Waals surface area contributed by atoms with E-state index in [0.717, 1.165) is 5.56 Å². The Morgan fingerprint density at radius 2 is 1.92 bits per heavy atom. The zero-order valence-corrected chi connectivity index (χ0v) is 16.2. The number of nitriles is 1. The summed E-state index contributed by atoms with van der Waals surface area (Å²) >= 11 is 12.2. The van der Waals surface area contributed by atoms with E-state index in [1.807, 2.05) is 26.8 Å². The lowest BCUT2D eigenvalue weighted by molar-refractivity contribution is -0.112. The summed E-state index contributed by atoms with van der Waals surface area (Å²) in [6, 6.07) is 12.1. The van der Waals surface area contributed by atoms with Gasteiger partial charge in [0.15, 0.2) is 0 Å². The van der Waals surface area contributed by atoms with E-state index in [0.29, 0.717) is 27.0 Å². The summed E-state index contributed by atoms with van der Waals surface area (Å²) in [4.78, 5) is 12.3. The van der Waals surface area contributed by atoms with Crippen LogP contribution in [0.2, 0.25) is 10.0 Å². The molecule has 0 aromatic heterocycles. The van der Waals surface area contributed by atoms with Crippen molar-refractivity contribution in [2.45, 2.75) is 26.9 Å². The predicted molar refractivity (Wildman–Crippen MR) is 106 cm³/mol. The Hall–Kier alpha value is -2.48. The second-order valence-electron chi connectivity index (χ2n) is 5.94. The minimum Gasteiger partial charge on any atom is -0.489 e. The van der Waals surface area contributed by atoms with Gasteiger partial charge in [0.05, 0.1) is 11.1 Å². The van der Waals surface area contributed by atoms with Crippen molar-refractivity contribution >= 4 is 40.9 Å². The maximum Gasteiger partial charge on any atom is 0.266 e. The van der Waals surface area contributed by atoms with Gasteiger partial charge in [-0.1, -0.05) is 35.3 Å². The quantitative estimate of drug-likeness (QED) is 0.532. The number of amides is 1. The Bertz CT molecular complexity index is 899. The van der Waals surface area contributed by atoms with Crippen LogP contribution in [0.3, 0.4) is 0 Å². The van der Waals surface area contributed by atoms with Crippen LogP contribution in [0.4, 0.5) is 5.69 Å². The molecule has 0 fully saturated rings. The smallest absolute Gasteiger partial charge is 0.266 e. The summed E-state index contributed by atoms with van der Waals surface area (Å²) in [5.41, 5.74) is 2.00. The van der Waals surface area contributed by atoms with Crippen LogP contribution in [0.15, 0.2) is 42.0 Å². The lowest BCUT2D eigenvalue weighted by atomic mass is 10.1. The van der Waals surface area contributed by atoms with E-state index in [1.54, 1.807) is 36.4 Å². The first kappa shape index (κ1) is 19.8. The zero-order chi connectivity index (χ0) is 19.3. The fourth-order valence-electron chi connectivity index (χ4n) is 2.14. The molecule has 0 heterocycles. The van der Waals surface area contributed by atoms with Gasteiger partial charge in [-0.25, -0.2) is 0 Å². The fraction of sp³-hybridized carbons (Fsp3) is 0.200. The van der Waals surface area contributed by atoms with Gasteiger partial charge in [0.25, 0.3) is 5.91 Å². The Morgan fingerprint density at radius 1 is 1.19 bits per heavy atom. The van der Waals surface area contributed by atoms with Crippen LogP contribution < -0.4 is 10.1 Å². The SMILES string of the molecule is Cc1ccc(NC(=O)/C(C#N)=C/c2ccc(OC(C)C)c(Cl)c2)cc1Cl. The highest BCUT2D eigenvalue weighted by molar-refractivity contribution is 6.32. The molecule has 4 nitrogen and oxygen atoms in total. The average Bonchev–Trinajstić information content (AvgIpc) is 2.58. The normalized spacial score (nSPS) is 11.2. The molecule has 2 rings (SSSR count). The summed E-state index contributed by atoms with van der Waals surface area (Å²) in [6.45, 7) is 5.67. The summed E-state index contributed by atoms with van der Waals surface area (Å²) in [5.74, 6) is 0.0297. The van der Waals surface area contributed by atoms with Crippen molar-refractivity contribution in [3.05, 3.63) is 63.1 Å². The molecule has 0 bridgehead atoms. The number of nitrogens with zero attached hydrogens (tertiary/aromatic N) is 1. The van der Waals surface area contributed by atoms with Crippen LogP contribution in [0, 0.1) is 18.3 Å². The van der Waals surface area contributed by atoms with Crippen LogP contribution in [0.1, 0.15) is 25.0 Å². The summed E-state index contributed by atoms with van der Waals surface area (Å²) < 4.78 is 5.57. The molecule has 1 N–H and O–H groups in total. The molecule has 0 atom stereocenters. The van der Waals surface area contributed by atoms with Crippen LogP contribution in [0.5, 0.6) is 5.75 Å². The standard InChI is InChI=1S/C20H18Cl2N2O2/c1-12(2)26-19-7-5-14(9-18(19)22)8-15(11-23)20(25)24-16-6-4-13(3)17(21)10-16/h4-10,12H,1-3H3,(H,24,25)/b15-8+. The van der Waals surface area contributed by atoms with Gasteiger partial charge >= 0.3 is 0 Å². The topological polar surface area (TPSA) is 62.1 Å². The fourth-order valence-corrected chi connectivity index (χ4v) is 2.55. The number of carbonyl (C=O) groups is 1. The van der Waals surface area contributed by atoms with Gasteiger partial charge < -0.3 is 10.1 Å². The van der Waals surface area contributed by atoms with Gasteiger partial charge in [-0.15, -0.1) is 0 Å². The number of ether oxygens (including phenoxy) is 1. The van der Waals surface area contributed by atoms with Crippen molar-refractivity contribution in [1.82, 2.24) is 0 Å². The summed E-state index contributed by atoms with van der Waals surface area (Å²) in [5, 5.41) is 12.9. The third kappa shape index (κ3) is 5.26. The van der Waals surface area contributed by atoms with E-state index in [9.17, 15) is 10.1 Å². The van der Waals surface area contributed by atoms with Crippen molar-refractivity contribution in [2.24, 2.45) is 0 Å². The van der Waals surface area contributed by atoms with E-state index < -0.39 is 5.91 Å². The van der Waals surface area contributed by atoms with Gasteiger partial charge in [0.2, 0.25) is 0 Å². The van der Waals surface area contributed by atoms with Crippen molar-refractivity contribution < 1.29 is 9.53 Å². The minimum absolute atomic E-state index is 0.00401. The van der Waals surface area contributed by atoms with E-state index in [4.69, 9.17) is 27.9 Å². The highest BCUT2D eigenvalue weighted by Gasteiger charge is 2.11. The van der Waals surface area contributed by atoms with Crippen molar-refractivity contribution in [1.29, 1.82) is 5.26 Å². The molecule has 26 heavy (non-hydrogen) atoms. The number of hydrogen-bond donors (Lipinski definition) is 1. The molecule has 0 aliphatic carbocycles. The lowest BCUT2D eigenvalue weighted by Gasteiger charge is -2.11. The van der Waals surface area contributed by atoms with Crippen molar-refractivity contribution in [2.75, 3.05) is 5.32 Å². The molecule has 0 aliphatic rings. The monoisotopic (exact) mass is 388 g/mol. The molecule has 0 saturated carbocycles. The number of anilines is 1. The Kier molecular flexibility index (Phi) is 6.68. The molecule has 0 saturated heterocycles. The molecular weight excluding hydrogens is 371 g/mol. The molecule has 134 valence electrons. The Balaban J connectivity index is 2.21. The van der Waals surface area contributed by atoms with Gasteiger partial charge in [0.1, 0.15) is 17.4 Å². The Labute approximate surface area is 163 Å². The first-order valence-corrected chi connectivity index (χ1v) is 8.71. The third-order valence-electron chi connectivity index (χ3n) is 3.42. The maximum atomic E-state index is 12.3. The second kappa shape index (κ2) is 8.75. The number of benzene rings is 2. The summed E-state index contributed by atoms with van der Waals surface area (Å²) in [7, 11) is 0. The number of nitrogens with one attached hydrogen (secondary N) is 1.